The first-order valence-electron chi connectivity index (χ1n) is 8.56. The van der Waals surface area contributed by atoms with Crippen molar-refractivity contribution in [3.8, 4) is 0 Å². The van der Waals surface area contributed by atoms with E-state index in [1.165, 1.54) is 50.7 Å². The number of ether oxygens (including phenoxy) is 1. The average molecular weight is 441 g/mol. The van der Waals surface area contributed by atoms with Crippen LogP contribution in [0.25, 0.3) is 0 Å². The molecule has 0 spiro atoms. The van der Waals surface area contributed by atoms with Crippen LogP contribution in [-0.2, 0) is 4.74 Å². The van der Waals surface area contributed by atoms with Gasteiger partial charge < -0.3 is 15.4 Å². The molecule has 1 unspecified atom stereocenters. The second-order valence-corrected chi connectivity index (χ2v) is 7.41. The number of nitrogens with zero attached hydrogens (tertiary/aromatic N) is 1. The normalized spacial score (nSPS) is 23.1. The van der Waals surface area contributed by atoms with Gasteiger partial charge in [-0.3, -0.25) is 4.99 Å². The molecule has 2 N–H and O–H groups in total. The Morgan fingerprint density at radius 2 is 1.95 bits per heavy atom. The molecule has 22 heavy (non-hydrogen) atoms. The number of hydrogen-bond donors (Lipinski definition) is 2. The molecule has 0 aromatic carbocycles. The van der Waals surface area contributed by atoms with Crippen LogP contribution in [0.3, 0.4) is 0 Å². The zero-order valence-electron chi connectivity index (χ0n) is 13.8. The Morgan fingerprint density at radius 1 is 1.14 bits per heavy atom. The van der Waals surface area contributed by atoms with Gasteiger partial charge in [0.2, 0.25) is 0 Å². The fourth-order valence-electron chi connectivity index (χ4n) is 3.00. The van der Waals surface area contributed by atoms with Gasteiger partial charge in [-0.15, -0.1) is 24.0 Å². The highest BCUT2D eigenvalue weighted by atomic mass is 127. The molecule has 1 aliphatic carbocycles. The van der Waals surface area contributed by atoms with Crippen LogP contribution in [0.15, 0.2) is 4.99 Å². The minimum atomic E-state index is 0. The quantitative estimate of drug-likeness (QED) is 0.275. The summed E-state index contributed by atoms with van der Waals surface area (Å²) >= 11 is 2.08. The summed E-state index contributed by atoms with van der Waals surface area (Å²) in [5.74, 6) is 2.25. The summed E-state index contributed by atoms with van der Waals surface area (Å²) in [6, 6.07) is 0. The van der Waals surface area contributed by atoms with E-state index in [4.69, 9.17) is 4.74 Å². The highest BCUT2D eigenvalue weighted by molar-refractivity contribution is 14.0. The molecule has 1 aliphatic heterocycles. The van der Waals surface area contributed by atoms with Crippen LogP contribution in [-0.4, -0.2) is 49.8 Å². The lowest BCUT2D eigenvalue weighted by molar-refractivity contribution is 0.0277. The SMILES string of the molecule is CN=C(NCCCOC1CCCCC1)NCC1CCCS1.I. The smallest absolute Gasteiger partial charge is 0.191 e. The molecular formula is C16H32IN3OS. The zero-order chi connectivity index (χ0) is 14.8. The van der Waals surface area contributed by atoms with Gasteiger partial charge in [-0.05, 0) is 37.9 Å². The fraction of sp³-hybridized carbons (Fsp3) is 0.938. The van der Waals surface area contributed by atoms with Crippen LogP contribution in [0.1, 0.15) is 51.4 Å². The number of nitrogens with one attached hydrogen (secondary N) is 2. The first kappa shape index (κ1) is 20.4. The molecule has 2 rings (SSSR count). The van der Waals surface area contributed by atoms with Gasteiger partial charge in [0.15, 0.2) is 5.96 Å². The highest BCUT2D eigenvalue weighted by Gasteiger charge is 2.15. The molecule has 1 heterocycles. The lowest BCUT2D eigenvalue weighted by atomic mass is 9.98. The summed E-state index contributed by atoms with van der Waals surface area (Å²) < 4.78 is 5.94. The van der Waals surface area contributed by atoms with E-state index in [-0.39, 0.29) is 24.0 Å². The third kappa shape index (κ3) is 8.24. The Morgan fingerprint density at radius 3 is 2.64 bits per heavy atom. The lowest BCUT2D eigenvalue weighted by Crippen LogP contribution is -2.40. The van der Waals surface area contributed by atoms with Crippen LogP contribution in [0.2, 0.25) is 0 Å². The van der Waals surface area contributed by atoms with Crippen molar-refractivity contribution in [3.63, 3.8) is 0 Å². The molecule has 0 aromatic heterocycles. The molecule has 1 saturated carbocycles. The topological polar surface area (TPSA) is 45.7 Å². The number of guanidine groups is 1. The van der Waals surface area contributed by atoms with E-state index >= 15 is 0 Å². The second kappa shape index (κ2) is 12.7. The van der Waals surface area contributed by atoms with E-state index in [2.05, 4.69) is 27.4 Å². The van der Waals surface area contributed by atoms with Crippen molar-refractivity contribution in [3.05, 3.63) is 0 Å². The van der Waals surface area contributed by atoms with E-state index in [1.807, 2.05) is 7.05 Å². The maximum absolute atomic E-state index is 5.94. The largest absolute Gasteiger partial charge is 0.378 e. The van der Waals surface area contributed by atoms with Crippen molar-refractivity contribution in [1.29, 1.82) is 0 Å². The third-order valence-electron chi connectivity index (χ3n) is 4.26. The lowest BCUT2D eigenvalue weighted by Gasteiger charge is -2.22. The van der Waals surface area contributed by atoms with Crippen molar-refractivity contribution in [2.75, 3.05) is 32.5 Å². The Kier molecular flexibility index (Phi) is 11.7. The van der Waals surface area contributed by atoms with Gasteiger partial charge in [-0.2, -0.15) is 11.8 Å². The van der Waals surface area contributed by atoms with Gasteiger partial charge in [0.05, 0.1) is 6.10 Å². The molecule has 2 fully saturated rings. The van der Waals surface area contributed by atoms with E-state index in [0.29, 0.717) is 6.10 Å². The number of aliphatic imine (C=N–C) groups is 1. The standard InChI is InChI=1S/C16H31N3OS.HI/c1-17-16(19-13-15-9-5-12-21-15)18-10-6-11-20-14-7-3-2-4-8-14;/h14-15H,2-13H2,1H3,(H2,17,18,19);1H. The third-order valence-corrected chi connectivity index (χ3v) is 5.66. The highest BCUT2D eigenvalue weighted by Crippen LogP contribution is 2.25. The van der Waals surface area contributed by atoms with Crippen molar-refractivity contribution in [2.24, 2.45) is 4.99 Å². The van der Waals surface area contributed by atoms with Crippen molar-refractivity contribution >= 4 is 41.7 Å². The Hall–Kier alpha value is 0.310. The molecule has 130 valence electrons. The number of thioether (sulfide) groups is 1. The average Bonchev–Trinajstić information content (AvgIpc) is 3.04. The number of hydrogen-bond acceptors (Lipinski definition) is 3. The summed E-state index contributed by atoms with van der Waals surface area (Å²) in [6.45, 7) is 2.83. The van der Waals surface area contributed by atoms with Crippen molar-refractivity contribution < 1.29 is 4.74 Å². The van der Waals surface area contributed by atoms with Crippen LogP contribution in [0.5, 0.6) is 0 Å². The molecule has 1 saturated heterocycles. The predicted octanol–water partition coefficient (Wildman–Crippen LogP) is 3.40. The maximum atomic E-state index is 5.94. The van der Waals surface area contributed by atoms with Crippen LogP contribution in [0.4, 0.5) is 0 Å². The van der Waals surface area contributed by atoms with Gasteiger partial charge in [0.25, 0.3) is 0 Å². The Balaban J connectivity index is 0.00000242. The van der Waals surface area contributed by atoms with E-state index in [1.54, 1.807) is 0 Å². The van der Waals surface area contributed by atoms with Crippen LogP contribution < -0.4 is 10.6 Å². The molecule has 2 aliphatic rings. The molecule has 4 nitrogen and oxygen atoms in total. The fourth-order valence-corrected chi connectivity index (χ4v) is 4.20. The maximum Gasteiger partial charge on any atom is 0.191 e. The summed E-state index contributed by atoms with van der Waals surface area (Å²) in [5, 5.41) is 7.57. The Bertz CT molecular complexity index is 306. The van der Waals surface area contributed by atoms with Crippen LogP contribution >= 0.6 is 35.7 Å². The number of halogens is 1. The molecule has 0 radical (unpaired) electrons. The minimum Gasteiger partial charge on any atom is -0.378 e. The summed E-state index contributed by atoms with van der Waals surface area (Å²) in [4.78, 5) is 4.28. The first-order chi connectivity index (χ1) is 10.4. The predicted molar refractivity (Wildman–Crippen MR) is 108 cm³/mol. The molecule has 0 amide bonds. The van der Waals surface area contributed by atoms with Crippen molar-refractivity contribution in [2.45, 2.75) is 62.7 Å². The molecule has 0 aromatic rings. The van der Waals surface area contributed by atoms with Crippen LogP contribution in [0, 0.1) is 0 Å². The molecule has 6 heteroatoms. The van der Waals surface area contributed by atoms with E-state index in [0.717, 1.165) is 37.3 Å². The first-order valence-corrected chi connectivity index (χ1v) is 9.61. The van der Waals surface area contributed by atoms with Gasteiger partial charge >= 0.3 is 0 Å². The van der Waals surface area contributed by atoms with E-state index in [9.17, 15) is 0 Å². The second-order valence-electron chi connectivity index (χ2n) is 6.00. The minimum absolute atomic E-state index is 0. The monoisotopic (exact) mass is 441 g/mol. The number of rotatable bonds is 7. The van der Waals surface area contributed by atoms with Gasteiger partial charge in [0, 0.05) is 32.0 Å². The van der Waals surface area contributed by atoms with Gasteiger partial charge in [-0.1, -0.05) is 19.3 Å². The van der Waals surface area contributed by atoms with Gasteiger partial charge in [0.1, 0.15) is 0 Å². The summed E-state index contributed by atoms with van der Waals surface area (Å²) in [7, 11) is 1.84. The molecular weight excluding hydrogens is 409 g/mol. The zero-order valence-corrected chi connectivity index (χ0v) is 17.0. The van der Waals surface area contributed by atoms with Gasteiger partial charge in [-0.25, -0.2) is 0 Å². The molecule has 1 atom stereocenters. The summed E-state index contributed by atoms with van der Waals surface area (Å²) in [6.07, 6.45) is 10.9. The summed E-state index contributed by atoms with van der Waals surface area (Å²) in [5.41, 5.74) is 0. The Labute approximate surface area is 157 Å². The van der Waals surface area contributed by atoms with E-state index < -0.39 is 0 Å². The van der Waals surface area contributed by atoms with Crippen molar-refractivity contribution in [1.82, 2.24) is 10.6 Å². The molecule has 0 bridgehead atoms.